The van der Waals surface area contributed by atoms with Crippen LogP contribution in [0.1, 0.15) is 46.2 Å². The van der Waals surface area contributed by atoms with E-state index in [0.717, 1.165) is 30.8 Å². The number of pyridine rings is 1. The highest BCUT2D eigenvalue weighted by Crippen LogP contribution is 2.28. The predicted octanol–water partition coefficient (Wildman–Crippen LogP) is 2.65. The quantitative estimate of drug-likeness (QED) is 0.715. The highest BCUT2D eigenvalue weighted by molar-refractivity contribution is 6.06. The fourth-order valence-electron chi connectivity index (χ4n) is 3.50. The topological polar surface area (TPSA) is 85.0 Å². The zero-order chi connectivity index (χ0) is 17.4. The second-order valence-corrected chi connectivity index (χ2v) is 6.48. The van der Waals surface area contributed by atoms with Crippen LogP contribution < -0.4 is 0 Å². The molecule has 7 nitrogen and oxygen atoms in total. The van der Waals surface area contributed by atoms with E-state index in [-0.39, 0.29) is 11.8 Å². The first-order valence-electron chi connectivity index (χ1n) is 8.42. The minimum Gasteiger partial charge on any atom is -0.338 e. The first-order chi connectivity index (χ1) is 12.1. The Morgan fingerprint density at radius 3 is 3.04 bits per heavy atom. The van der Waals surface area contributed by atoms with Crippen molar-refractivity contribution >= 4 is 17.0 Å². The average Bonchev–Trinajstić information content (AvgIpc) is 3.02. The summed E-state index contributed by atoms with van der Waals surface area (Å²) in [6.07, 6.45) is 5.29. The number of fused-ring (bicyclic) bond motifs is 1. The molecule has 0 aliphatic carbocycles. The Hall–Kier alpha value is -2.83. The second kappa shape index (κ2) is 6.23. The number of amides is 1. The van der Waals surface area contributed by atoms with E-state index in [9.17, 15) is 4.79 Å². The molecule has 0 saturated carbocycles. The summed E-state index contributed by atoms with van der Waals surface area (Å²) in [4.78, 5) is 27.7. The lowest BCUT2D eigenvalue weighted by atomic mass is 9.94. The molecule has 7 heteroatoms. The van der Waals surface area contributed by atoms with Crippen LogP contribution >= 0.6 is 0 Å². The maximum atomic E-state index is 13.2. The minimum atomic E-state index is 0.000515. The molecule has 1 atom stereocenters. The third-order valence-corrected chi connectivity index (χ3v) is 4.71. The van der Waals surface area contributed by atoms with E-state index in [1.165, 1.54) is 0 Å². The van der Waals surface area contributed by atoms with Crippen LogP contribution in [0.4, 0.5) is 0 Å². The maximum absolute atomic E-state index is 13.2. The summed E-state index contributed by atoms with van der Waals surface area (Å²) in [5.41, 5.74) is 3.46. The third kappa shape index (κ3) is 2.86. The molecule has 0 N–H and O–H groups in total. The smallest absolute Gasteiger partial charge is 0.258 e. The molecule has 1 amide bonds. The van der Waals surface area contributed by atoms with Gasteiger partial charge in [-0.05, 0) is 38.8 Å². The number of hydrogen-bond acceptors (Lipinski definition) is 6. The lowest BCUT2D eigenvalue weighted by molar-refractivity contribution is 0.0707. The normalized spacial score (nSPS) is 17.8. The summed E-state index contributed by atoms with van der Waals surface area (Å²) in [5.74, 6) is 0.239. The fraction of sp³-hybridized carbons (Fsp3) is 0.389. The van der Waals surface area contributed by atoms with Gasteiger partial charge < -0.3 is 9.42 Å². The van der Waals surface area contributed by atoms with Gasteiger partial charge in [0.15, 0.2) is 0 Å². The molecule has 1 aliphatic heterocycles. The van der Waals surface area contributed by atoms with Crippen LogP contribution in [0, 0.1) is 13.8 Å². The highest BCUT2D eigenvalue weighted by Gasteiger charge is 2.28. The molecule has 0 unspecified atom stereocenters. The molecule has 0 bridgehead atoms. The number of aromatic nitrogens is 4. The van der Waals surface area contributed by atoms with E-state index in [2.05, 4.69) is 20.1 Å². The Kier molecular flexibility index (Phi) is 3.91. The summed E-state index contributed by atoms with van der Waals surface area (Å²) in [5, 5.41) is 4.67. The summed E-state index contributed by atoms with van der Waals surface area (Å²) in [6.45, 7) is 5.09. The summed E-state index contributed by atoms with van der Waals surface area (Å²) < 4.78 is 5.25. The van der Waals surface area contributed by atoms with Crippen molar-refractivity contribution in [3.8, 4) is 0 Å². The van der Waals surface area contributed by atoms with Crippen LogP contribution in [0.2, 0.25) is 0 Å². The SMILES string of the molecule is Cc1cc(C(=O)N2CCC[C@H](c3ccncn3)C2)c2c(C)noc2n1. The maximum Gasteiger partial charge on any atom is 0.258 e. The molecule has 1 fully saturated rings. The summed E-state index contributed by atoms with van der Waals surface area (Å²) >= 11 is 0. The lowest BCUT2D eigenvalue weighted by Gasteiger charge is -2.32. The third-order valence-electron chi connectivity index (χ3n) is 4.71. The molecule has 0 radical (unpaired) electrons. The van der Waals surface area contributed by atoms with Crippen molar-refractivity contribution in [3.05, 3.63) is 47.3 Å². The highest BCUT2D eigenvalue weighted by atomic mass is 16.5. The Bertz CT molecular complexity index is 922. The largest absolute Gasteiger partial charge is 0.338 e. The number of hydrogen-bond donors (Lipinski definition) is 0. The van der Waals surface area contributed by atoms with E-state index >= 15 is 0 Å². The number of carbonyl (C=O) groups excluding carboxylic acids is 1. The number of carbonyl (C=O) groups is 1. The Balaban J connectivity index is 1.66. The molecular formula is C18H19N5O2. The van der Waals surface area contributed by atoms with Crippen LogP contribution in [-0.2, 0) is 0 Å². The van der Waals surface area contributed by atoms with Crippen molar-refractivity contribution in [1.29, 1.82) is 0 Å². The Labute approximate surface area is 145 Å². The second-order valence-electron chi connectivity index (χ2n) is 6.48. The van der Waals surface area contributed by atoms with Gasteiger partial charge >= 0.3 is 0 Å². The monoisotopic (exact) mass is 337 g/mol. The van der Waals surface area contributed by atoms with E-state index in [1.807, 2.05) is 30.9 Å². The van der Waals surface area contributed by atoms with Crippen LogP contribution in [0.5, 0.6) is 0 Å². The van der Waals surface area contributed by atoms with Crippen LogP contribution in [0.25, 0.3) is 11.1 Å². The van der Waals surface area contributed by atoms with Gasteiger partial charge in [-0.2, -0.15) is 0 Å². The first-order valence-corrected chi connectivity index (χ1v) is 8.42. The molecule has 128 valence electrons. The number of aryl methyl sites for hydroxylation is 2. The molecule has 0 spiro atoms. The van der Waals surface area contributed by atoms with Gasteiger partial charge in [0.05, 0.1) is 16.6 Å². The molecule has 4 rings (SSSR count). The van der Waals surface area contributed by atoms with E-state index in [4.69, 9.17) is 4.52 Å². The molecule has 4 heterocycles. The number of rotatable bonds is 2. The van der Waals surface area contributed by atoms with Crippen LogP contribution in [0.15, 0.2) is 29.2 Å². The Morgan fingerprint density at radius 2 is 2.24 bits per heavy atom. The molecule has 1 saturated heterocycles. The number of piperidine rings is 1. The van der Waals surface area contributed by atoms with Gasteiger partial charge in [0.25, 0.3) is 11.6 Å². The van der Waals surface area contributed by atoms with Gasteiger partial charge in [0.2, 0.25) is 0 Å². The zero-order valence-corrected chi connectivity index (χ0v) is 14.3. The van der Waals surface area contributed by atoms with Gasteiger partial charge in [0.1, 0.15) is 6.33 Å². The standard InChI is InChI=1S/C18H19N5O2/c1-11-8-14(16-12(2)22-25-17(16)21-11)18(24)23-7-3-4-13(9-23)15-5-6-19-10-20-15/h5-6,8,10,13H,3-4,7,9H2,1-2H3/t13-/m0/s1. The zero-order valence-electron chi connectivity index (χ0n) is 14.3. The molecule has 25 heavy (non-hydrogen) atoms. The van der Waals surface area contributed by atoms with Crippen molar-refractivity contribution in [2.45, 2.75) is 32.6 Å². The fourth-order valence-corrected chi connectivity index (χ4v) is 3.50. The van der Waals surface area contributed by atoms with E-state index in [0.29, 0.717) is 28.9 Å². The molecule has 0 aromatic carbocycles. The van der Waals surface area contributed by atoms with E-state index < -0.39 is 0 Å². The van der Waals surface area contributed by atoms with Crippen molar-refractivity contribution < 1.29 is 9.32 Å². The van der Waals surface area contributed by atoms with Gasteiger partial charge in [0, 0.05) is 36.6 Å². The average molecular weight is 337 g/mol. The molecular weight excluding hydrogens is 318 g/mol. The molecule has 3 aromatic rings. The van der Waals surface area contributed by atoms with Crippen LogP contribution in [-0.4, -0.2) is 44.0 Å². The van der Waals surface area contributed by atoms with Gasteiger partial charge in [-0.15, -0.1) is 0 Å². The van der Waals surface area contributed by atoms with Crippen molar-refractivity contribution in [3.63, 3.8) is 0 Å². The van der Waals surface area contributed by atoms with Gasteiger partial charge in [-0.25, -0.2) is 15.0 Å². The van der Waals surface area contributed by atoms with Crippen LogP contribution in [0.3, 0.4) is 0 Å². The first kappa shape index (κ1) is 15.7. The lowest BCUT2D eigenvalue weighted by Crippen LogP contribution is -2.39. The molecule has 1 aliphatic rings. The van der Waals surface area contributed by atoms with E-state index in [1.54, 1.807) is 12.5 Å². The van der Waals surface area contributed by atoms with Gasteiger partial charge in [-0.1, -0.05) is 5.16 Å². The summed E-state index contributed by atoms with van der Waals surface area (Å²) in [7, 11) is 0. The molecule has 3 aromatic heterocycles. The number of likely N-dealkylation sites (tertiary alicyclic amines) is 1. The van der Waals surface area contributed by atoms with Crippen molar-refractivity contribution in [1.82, 2.24) is 25.0 Å². The minimum absolute atomic E-state index is 0.000515. The van der Waals surface area contributed by atoms with Gasteiger partial charge in [-0.3, -0.25) is 4.79 Å². The number of nitrogens with zero attached hydrogens (tertiary/aromatic N) is 5. The predicted molar refractivity (Wildman–Crippen MR) is 91.2 cm³/mol. The Morgan fingerprint density at radius 1 is 1.36 bits per heavy atom. The summed E-state index contributed by atoms with van der Waals surface area (Å²) in [6, 6.07) is 3.75. The van der Waals surface area contributed by atoms with Crippen molar-refractivity contribution in [2.75, 3.05) is 13.1 Å². The van der Waals surface area contributed by atoms with Crippen molar-refractivity contribution in [2.24, 2.45) is 0 Å².